The zero-order chi connectivity index (χ0) is 22.0. The predicted molar refractivity (Wildman–Crippen MR) is 111 cm³/mol. The maximum Gasteiger partial charge on any atom is 0.244 e. The summed E-state index contributed by atoms with van der Waals surface area (Å²) in [5, 5.41) is 2.81. The number of amides is 1. The summed E-state index contributed by atoms with van der Waals surface area (Å²) in [6.45, 7) is 0.389. The molecule has 9 heteroatoms. The number of carbonyl (C=O) groups excluding carboxylic acids is 1. The smallest absolute Gasteiger partial charge is 0.244 e. The molecule has 6 nitrogen and oxygen atoms in total. The Balaban J connectivity index is 1.45. The van der Waals surface area contributed by atoms with E-state index in [1.165, 1.54) is 12.8 Å². The molecule has 0 bridgehead atoms. The first-order valence-corrected chi connectivity index (χ1v) is 12.0. The number of halogens is 2. The van der Waals surface area contributed by atoms with Gasteiger partial charge in [-0.3, -0.25) is 9.78 Å². The van der Waals surface area contributed by atoms with Crippen LogP contribution >= 0.6 is 0 Å². The van der Waals surface area contributed by atoms with E-state index in [-0.39, 0.29) is 13.1 Å². The van der Waals surface area contributed by atoms with E-state index in [1.54, 1.807) is 6.20 Å². The lowest BCUT2D eigenvalue weighted by atomic mass is 10.0. The monoisotopic (exact) mass is 449 g/mol. The van der Waals surface area contributed by atoms with Gasteiger partial charge in [0.1, 0.15) is 17.7 Å². The highest BCUT2D eigenvalue weighted by atomic mass is 32.2. The van der Waals surface area contributed by atoms with E-state index in [1.807, 2.05) is 12.1 Å². The molecular weight excluding hydrogens is 424 g/mol. The first-order chi connectivity index (χ1) is 14.8. The van der Waals surface area contributed by atoms with Gasteiger partial charge in [0.15, 0.2) is 0 Å². The van der Waals surface area contributed by atoms with Gasteiger partial charge in [0, 0.05) is 37.0 Å². The van der Waals surface area contributed by atoms with Crippen LogP contribution in [0.25, 0.3) is 0 Å². The van der Waals surface area contributed by atoms with Crippen molar-refractivity contribution in [1.82, 2.24) is 14.6 Å². The Morgan fingerprint density at radius 1 is 1.06 bits per heavy atom. The van der Waals surface area contributed by atoms with Crippen LogP contribution in [0.15, 0.2) is 41.4 Å². The van der Waals surface area contributed by atoms with Gasteiger partial charge in [-0.1, -0.05) is 12.8 Å². The maximum absolute atomic E-state index is 13.5. The maximum atomic E-state index is 13.5. The van der Waals surface area contributed by atoms with Gasteiger partial charge in [0.2, 0.25) is 15.9 Å². The largest absolute Gasteiger partial charge is 0.351 e. The number of carbonyl (C=O) groups is 1. The second-order valence-electron chi connectivity index (χ2n) is 8.17. The molecule has 1 aromatic carbocycles. The number of rotatable bonds is 6. The molecule has 1 unspecified atom stereocenters. The summed E-state index contributed by atoms with van der Waals surface area (Å²) in [6, 6.07) is 5.07. The van der Waals surface area contributed by atoms with Gasteiger partial charge >= 0.3 is 0 Å². The minimum Gasteiger partial charge on any atom is -0.351 e. The van der Waals surface area contributed by atoms with Crippen LogP contribution in [0, 0.1) is 11.6 Å². The van der Waals surface area contributed by atoms with Gasteiger partial charge < -0.3 is 5.32 Å². The third-order valence-electron chi connectivity index (χ3n) is 6.03. The van der Waals surface area contributed by atoms with E-state index >= 15 is 0 Å². The second kappa shape index (κ2) is 9.00. The lowest BCUT2D eigenvalue weighted by Gasteiger charge is -2.23. The lowest BCUT2D eigenvalue weighted by Crippen LogP contribution is -2.45. The summed E-state index contributed by atoms with van der Waals surface area (Å²) in [6.07, 6.45) is 7.24. The molecule has 1 saturated heterocycles. The molecule has 166 valence electrons. The topological polar surface area (TPSA) is 79.4 Å². The Hall–Kier alpha value is -2.39. The molecule has 4 rings (SSSR count). The fraction of sp³-hybridized carbons (Fsp3) is 0.455. The Labute approximate surface area is 180 Å². The molecule has 0 radical (unpaired) electrons. The average Bonchev–Trinajstić information content (AvgIpc) is 3.44. The van der Waals surface area contributed by atoms with E-state index in [4.69, 9.17) is 0 Å². The summed E-state index contributed by atoms with van der Waals surface area (Å²) in [5.41, 5.74) is 1.94. The standard InChI is InChI=1S/C22H25F2N3O3S/c23-17-11-18(24)13-19(12-17)31(29,30)27-9-3-6-21(27)22(28)26-14-15-7-8-25-20(10-15)16-4-1-2-5-16/h7-8,10-13,16,21H,1-6,9,14H2,(H,26,28). The average molecular weight is 450 g/mol. The van der Waals surface area contributed by atoms with E-state index in [9.17, 15) is 22.0 Å². The molecule has 1 aliphatic carbocycles. The van der Waals surface area contributed by atoms with Gasteiger partial charge in [-0.25, -0.2) is 17.2 Å². The zero-order valence-electron chi connectivity index (χ0n) is 17.1. The van der Waals surface area contributed by atoms with Crippen molar-refractivity contribution in [3.63, 3.8) is 0 Å². The van der Waals surface area contributed by atoms with Crippen LogP contribution in [0.5, 0.6) is 0 Å². The SMILES string of the molecule is O=C(NCc1ccnc(C2CCCC2)c1)C1CCCN1S(=O)(=O)c1cc(F)cc(F)c1. The van der Waals surface area contributed by atoms with Crippen molar-refractivity contribution in [2.45, 2.75) is 61.9 Å². The Bertz CT molecular complexity index is 1050. The highest BCUT2D eigenvalue weighted by molar-refractivity contribution is 7.89. The molecular formula is C22H25F2N3O3S. The number of pyridine rings is 1. The summed E-state index contributed by atoms with van der Waals surface area (Å²) in [4.78, 5) is 16.8. The van der Waals surface area contributed by atoms with E-state index in [2.05, 4.69) is 10.3 Å². The molecule has 1 aromatic heterocycles. The number of benzene rings is 1. The first kappa shape index (κ1) is 21.8. The fourth-order valence-corrected chi connectivity index (χ4v) is 6.16. The minimum absolute atomic E-state index is 0.125. The van der Waals surface area contributed by atoms with Crippen LogP contribution < -0.4 is 5.32 Å². The highest BCUT2D eigenvalue weighted by Gasteiger charge is 2.39. The van der Waals surface area contributed by atoms with Crippen molar-refractivity contribution in [3.05, 3.63) is 59.4 Å². The number of nitrogens with zero attached hydrogens (tertiary/aromatic N) is 2. The van der Waals surface area contributed by atoms with Crippen LogP contribution in [0.2, 0.25) is 0 Å². The number of nitrogens with one attached hydrogen (secondary N) is 1. The third-order valence-corrected chi connectivity index (χ3v) is 7.92. The fourth-order valence-electron chi connectivity index (χ4n) is 4.46. The van der Waals surface area contributed by atoms with Crippen LogP contribution in [0.4, 0.5) is 8.78 Å². The number of aromatic nitrogens is 1. The van der Waals surface area contributed by atoms with E-state index in [0.29, 0.717) is 24.8 Å². The van der Waals surface area contributed by atoms with Crippen molar-refractivity contribution in [2.24, 2.45) is 0 Å². The molecule has 2 heterocycles. The molecule has 31 heavy (non-hydrogen) atoms. The van der Waals surface area contributed by atoms with Gasteiger partial charge in [-0.15, -0.1) is 0 Å². The Morgan fingerprint density at radius 2 is 1.77 bits per heavy atom. The summed E-state index contributed by atoms with van der Waals surface area (Å²) < 4.78 is 54.0. The van der Waals surface area contributed by atoms with Gasteiger partial charge in [0.25, 0.3) is 0 Å². The predicted octanol–water partition coefficient (Wildman–Crippen LogP) is 3.49. The highest BCUT2D eigenvalue weighted by Crippen LogP contribution is 2.33. The van der Waals surface area contributed by atoms with Crippen molar-refractivity contribution >= 4 is 15.9 Å². The molecule has 2 fully saturated rings. The number of sulfonamides is 1. The van der Waals surface area contributed by atoms with Crippen LogP contribution in [0.3, 0.4) is 0 Å². The molecule has 1 amide bonds. The normalized spacial score (nSPS) is 20.3. The van der Waals surface area contributed by atoms with Gasteiger partial charge in [-0.2, -0.15) is 4.31 Å². The van der Waals surface area contributed by atoms with Crippen LogP contribution in [0.1, 0.15) is 55.7 Å². The van der Waals surface area contributed by atoms with Gasteiger partial charge in [-0.05, 0) is 55.5 Å². The van der Waals surface area contributed by atoms with Gasteiger partial charge in [0.05, 0.1) is 4.90 Å². The number of hydrogen-bond acceptors (Lipinski definition) is 4. The molecule has 0 spiro atoms. The third kappa shape index (κ3) is 4.77. The Morgan fingerprint density at radius 3 is 2.48 bits per heavy atom. The quantitative estimate of drug-likeness (QED) is 0.732. The second-order valence-corrected chi connectivity index (χ2v) is 10.1. The minimum atomic E-state index is -4.20. The van der Waals surface area contributed by atoms with Crippen molar-refractivity contribution in [1.29, 1.82) is 0 Å². The molecule has 1 N–H and O–H groups in total. The van der Waals surface area contributed by atoms with Crippen molar-refractivity contribution in [2.75, 3.05) is 6.54 Å². The summed E-state index contributed by atoms with van der Waals surface area (Å²) in [5.74, 6) is -1.92. The van der Waals surface area contributed by atoms with E-state index < -0.39 is 38.5 Å². The molecule has 1 aliphatic heterocycles. The molecule has 2 aliphatic rings. The number of hydrogen-bond donors (Lipinski definition) is 1. The first-order valence-electron chi connectivity index (χ1n) is 10.5. The molecule has 1 atom stereocenters. The summed E-state index contributed by atoms with van der Waals surface area (Å²) >= 11 is 0. The zero-order valence-corrected chi connectivity index (χ0v) is 17.9. The van der Waals surface area contributed by atoms with Crippen LogP contribution in [-0.4, -0.2) is 36.2 Å². The van der Waals surface area contributed by atoms with Crippen molar-refractivity contribution < 1.29 is 22.0 Å². The van der Waals surface area contributed by atoms with Crippen LogP contribution in [-0.2, 0) is 21.4 Å². The molecule has 1 saturated carbocycles. The van der Waals surface area contributed by atoms with Crippen molar-refractivity contribution in [3.8, 4) is 0 Å². The van der Waals surface area contributed by atoms with E-state index in [0.717, 1.165) is 40.5 Å². The lowest BCUT2D eigenvalue weighted by molar-refractivity contribution is -0.124. The Kier molecular flexibility index (Phi) is 6.34. The summed E-state index contributed by atoms with van der Waals surface area (Å²) in [7, 11) is -4.20. The molecule has 2 aromatic rings.